The first kappa shape index (κ1) is 20.2. The molecular formula is C21H25BrN2O2. The quantitative estimate of drug-likeness (QED) is 0.332. The molecule has 0 aliphatic rings. The second kappa shape index (κ2) is 11.5. The summed E-state index contributed by atoms with van der Waals surface area (Å²) in [5.74, 6) is 0.621. The topological polar surface area (TPSA) is 50.7 Å². The van der Waals surface area contributed by atoms with Gasteiger partial charge in [-0.3, -0.25) is 4.79 Å². The summed E-state index contributed by atoms with van der Waals surface area (Å²) in [4.78, 5) is 12.0. The largest absolute Gasteiger partial charge is 0.493 e. The number of hydrogen-bond donors (Lipinski definition) is 1. The Morgan fingerprint density at radius 3 is 2.73 bits per heavy atom. The molecule has 26 heavy (non-hydrogen) atoms. The number of halogens is 1. The van der Waals surface area contributed by atoms with Gasteiger partial charge in [-0.1, -0.05) is 72.4 Å². The summed E-state index contributed by atoms with van der Waals surface area (Å²) >= 11 is 3.46. The molecule has 0 aromatic heterocycles. The Labute approximate surface area is 163 Å². The molecule has 0 radical (unpaired) electrons. The molecule has 0 fully saturated rings. The molecule has 138 valence electrons. The molecule has 0 saturated heterocycles. The SMILES string of the molecule is CCCCCCOc1ccc(Br)cc1C=NNC(=O)Cc1ccccc1. The Morgan fingerprint density at radius 2 is 1.96 bits per heavy atom. The molecule has 1 amide bonds. The van der Waals surface area contributed by atoms with E-state index >= 15 is 0 Å². The van der Waals surface area contributed by atoms with Crippen LogP contribution in [0.25, 0.3) is 0 Å². The molecule has 0 bridgehead atoms. The fourth-order valence-corrected chi connectivity index (χ4v) is 2.84. The van der Waals surface area contributed by atoms with Crippen LogP contribution in [0.2, 0.25) is 0 Å². The highest BCUT2D eigenvalue weighted by atomic mass is 79.9. The fraction of sp³-hybridized carbons (Fsp3) is 0.333. The van der Waals surface area contributed by atoms with E-state index in [9.17, 15) is 4.79 Å². The minimum absolute atomic E-state index is 0.149. The van der Waals surface area contributed by atoms with Crippen molar-refractivity contribution in [3.63, 3.8) is 0 Å². The summed E-state index contributed by atoms with van der Waals surface area (Å²) in [5, 5.41) is 4.07. The van der Waals surface area contributed by atoms with Crippen molar-refractivity contribution >= 4 is 28.1 Å². The third kappa shape index (κ3) is 7.40. The maximum atomic E-state index is 12.0. The predicted octanol–water partition coefficient (Wildman–Crippen LogP) is 5.10. The van der Waals surface area contributed by atoms with Crippen molar-refractivity contribution in [2.75, 3.05) is 6.61 Å². The first-order valence-corrected chi connectivity index (χ1v) is 9.76. The number of carbonyl (C=O) groups excluding carboxylic acids is 1. The van der Waals surface area contributed by atoms with Crippen LogP contribution < -0.4 is 10.2 Å². The minimum atomic E-state index is -0.149. The average molecular weight is 417 g/mol. The summed E-state index contributed by atoms with van der Waals surface area (Å²) in [6, 6.07) is 15.4. The van der Waals surface area contributed by atoms with Gasteiger partial charge in [0.1, 0.15) is 5.75 Å². The van der Waals surface area contributed by atoms with Crippen LogP contribution in [0.5, 0.6) is 5.75 Å². The normalized spacial score (nSPS) is 10.8. The predicted molar refractivity (Wildman–Crippen MR) is 110 cm³/mol. The highest BCUT2D eigenvalue weighted by Crippen LogP contribution is 2.22. The molecule has 4 nitrogen and oxygen atoms in total. The van der Waals surface area contributed by atoms with Crippen LogP contribution in [0.15, 0.2) is 58.1 Å². The molecule has 0 aliphatic carbocycles. The van der Waals surface area contributed by atoms with E-state index in [1.54, 1.807) is 6.21 Å². The van der Waals surface area contributed by atoms with Crippen LogP contribution in [0, 0.1) is 0 Å². The molecule has 2 aromatic carbocycles. The number of amides is 1. The van der Waals surface area contributed by atoms with Gasteiger partial charge in [0.15, 0.2) is 0 Å². The maximum absolute atomic E-state index is 12.0. The van der Waals surface area contributed by atoms with Gasteiger partial charge in [-0.2, -0.15) is 5.10 Å². The van der Waals surface area contributed by atoms with Crippen molar-refractivity contribution in [2.45, 2.75) is 39.0 Å². The van der Waals surface area contributed by atoms with Crippen molar-refractivity contribution in [1.29, 1.82) is 0 Å². The van der Waals surface area contributed by atoms with Crippen molar-refractivity contribution in [1.82, 2.24) is 5.43 Å². The zero-order chi connectivity index (χ0) is 18.6. The Balaban J connectivity index is 1.89. The lowest BCUT2D eigenvalue weighted by molar-refractivity contribution is -0.120. The molecular weight excluding hydrogens is 392 g/mol. The highest BCUT2D eigenvalue weighted by molar-refractivity contribution is 9.10. The molecule has 2 rings (SSSR count). The molecule has 2 aromatic rings. The molecule has 0 atom stereocenters. The smallest absolute Gasteiger partial charge is 0.244 e. The summed E-state index contributed by atoms with van der Waals surface area (Å²) in [6.07, 6.45) is 6.57. The van der Waals surface area contributed by atoms with Gasteiger partial charge in [0.2, 0.25) is 5.91 Å². The zero-order valence-electron chi connectivity index (χ0n) is 15.1. The Morgan fingerprint density at radius 1 is 1.15 bits per heavy atom. The molecule has 0 unspecified atom stereocenters. The molecule has 1 N–H and O–H groups in total. The van der Waals surface area contributed by atoms with E-state index in [0.717, 1.165) is 27.8 Å². The van der Waals surface area contributed by atoms with Crippen molar-refractivity contribution < 1.29 is 9.53 Å². The second-order valence-corrected chi connectivity index (χ2v) is 6.96. The number of unbranched alkanes of at least 4 members (excludes halogenated alkanes) is 3. The van der Waals surface area contributed by atoms with E-state index in [2.05, 4.69) is 33.4 Å². The van der Waals surface area contributed by atoms with Crippen molar-refractivity contribution in [3.8, 4) is 5.75 Å². The number of nitrogens with zero attached hydrogens (tertiary/aromatic N) is 1. The van der Waals surface area contributed by atoms with Gasteiger partial charge in [-0.15, -0.1) is 0 Å². The summed E-state index contributed by atoms with van der Waals surface area (Å²) in [7, 11) is 0. The summed E-state index contributed by atoms with van der Waals surface area (Å²) in [5.41, 5.74) is 4.36. The van der Waals surface area contributed by atoms with Crippen LogP contribution in [-0.2, 0) is 11.2 Å². The Bertz CT molecular complexity index is 717. The standard InChI is InChI=1S/C21H25BrN2O2/c1-2-3-4-8-13-26-20-12-11-19(22)15-18(20)16-23-24-21(25)14-17-9-6-5-7-10-17/h5-7,9-12,15-16H,2-4,8,13-14H2,1H3,(H,24,25). The monoisotopic (exact) mass is 416 g/mol. The molecule has 0 aliphatic heterocycles. The number of rotatable bonds is 10. The van der Waals surface area contributed by atoms with E-state index in [4.69, 9.17) is 4.74 Å². The van der Waals surface area contributed by atoms with Crippen LogP contribution in [-0.4, -0.2) is 18.7 Å². The van der Waals surface area contributed by atoms with Gasteiger partial charge < -0.3 is 4.74 Å². The summed E-state index contributed by atoms with van der Waals surface area (Å²) < 4.78 is 6.80. The molecule has 0 spiro atoms. The molecule has 0 heterocycles. The third-order valence-corrected chi connectivity index (χ3v) is 4.32. The van der Waals surface area contributed by atoms with E-state index in [1.165, 1.54) is 19.3 Å². The first-order chi connectivity index (χ1) is 12.7. The van der Waals surface area contributed by atoms with Crippen LogP contribution in [0.3, 0.4) is 0 Å². The van der Waals surface area contributed by atoms with E-state index in [-0.39, 0.29) is 5.91 Å². The van der Waals surface area contributed by atoms with Gasteiger partial charge in [0, 0.05) is 10.0 Å². The fourth-order valence-electron chi connectivity index (χ4n) is 2.46. The van der Waals surface area contributed by atoms with E-state index < -0.39 is 0 Å². The minimum Gasteiger partial charge on any atom is -0.493 e. The second-order valence-electron chi connectivity index (χ2n) is 6.05. The lowest BCUT2D eigenvalue weighted by atomic mass is 10.1. The van der Waals surface area contributed by atoms with Gasteiger partial charge in [0.25, 0.3) is 0 Å². The molecule has 5 heteroatoms. The van der Waals surface area contributed by atoms with E-state index in [0.29, 0.717) is 13.0 Å². The van der Waals surface area contributed by atoms with Crippen LogP contribution in [0.4, 0.5) is 0 Å². The van der Waals surface area contributed by atoms with Crippen LogP contribution in [0.1, 0.15) is 43.7 Å². The van der Waals surface area contributed by atoms with Gasteiger partial charge in [0.05, 0.1) is 19.2 Å². The first-order valence-electron chi connectivity index (χ1n) is 8.97. The van der Waals surface area contributed by atoms with Crippen LogP contribution >= 0.6 is 15.9 Å². The number of hydrazone groups is 1. The number of nitrogens with one attached hydrogen (secondary N) is 1. The zero-order valence-corrected chi connectivity index (χ0v) is 16.7. The average Bonchev–Trinajstić information content (AvgIpc) is 2.64. The maximum Gasteiger partial charge on any atom is 0.244 e. The number of hydrogen-bond acceptors (Lipinski definition) is 3. The lowest BCUT2D eigenvalue weighted by Crippen LogP contribution is -2.19. The van der Waals surface area contributed by atoms with Gasteiger partial charge >= 0.3 is 0 Å². The van der Waals surface area contributed by atoms with Gasteiger partial charge in [-0.05, 0) is 30.2 Å². The molecule has 0 saturated carbocycles. The number of ether oxygens (including phenoxy) is 1. The Hall–Kier alpha value is -2.14. The highest BCUT2D eigenvalue weighted by Gasteiger charge is 2.04. The van der Waals surface area contributed by atoms with Crippen molar-refractivity contribution in [2.24, 2.45) is 5.10 Å². The number of benzene rings is 2. The lowest BCUT2D eigenvalue weighted by Gasteiger charge is -2.09. The Kier molecular flexibility index (Phi) is 8.90. The van der Waals surface area contributed by atoms with Gasteiger partial charge in [-0.25, -0.2) is 5.43 Å². The van der Waals surface area contributed by atoms with E-state index in [1.807, 2.05) is 48.5 Å². The third-order valence-electron chi connectivity index (χ3n) is 3.83. The summed E-state index contributed by atoms with van der Waals surface area (Å²) in [6.45, 7) is 2.87. The van der Waals surface area contributed by atoms with Crippen molar-refractivity contribution in [3.05, 3.63) is 64.1 Å². The number of carbonyl (C=O) groups is 1.